The van der Waals surface area contributed by atoms with Gasteiger partial charge in [0, 0.05) is 6.54 Å². The predicted octanol–water partition coefficient (Wildman–Crippen LogP) is 6.14. The number of hydrogen-bond acceptors (Lipinski definition) is 4. The average Bonchev–Trinajstić information content (AvgIpc) is 3.14. The maximum Gasteiger partial charge on any atom is 0.411 e. The van der Waals surface area contributed by atoms with E-state index in [-0.39, 0.29) is 36.5 Å². The molecule has 1 saturated carbocycles. The zero-order chi connectivity index (χ0) is 25.2. The molecule has 1 aromatic carbocycles. The van der Waals surface area contributed by atoms with Crippen molar-refractivity contribution in [3.8, 4) is 0 Å². The molecule has 1 saturated heterocycles. The third-order valence-electron chi connectivity index (χ3n) is 7.06. The van der Waals surface area contributed by atoms with Crippen LogP contribution in [0, 0.1) is 35.3 Å². The number of likely N-dealkylation sites (tertiary alicyclic amines) is 1. The van der Waals surface area contributed by atoms with E-state index in [9.17, 15) is 18.4 Å². The summed E-state index contributed by atoms with van der Waals surface area (Å²) in [6.07, 6.45) is 2.71. The fourth-order valence-corrected chi connectivity index (χ4v) is 5.31. The molecule has 0 N–H and O–H groups in total. The van der Waals surface area contributed by atoms with Gasteiger partial charge < -0.3 is 9.47 Å². The van der Waals surface area contributed by atoms with E-state index >= 15 is 0 Å². The molecule has 2 aliphatic rings. The van der Waals surface area contributed by atoms with Gasteiger partial charge in [0.05, 0.1) is 0 Å². The summed E-state index contributed by atoms with van der Waals surface area (Å²) in [4.78, 5) is 27.8. The highest BCUT2D eigenvalue weighted by molar-refractivity contribution is 5.82. The molecule has 0 bridgehead atoms. The summed E-state index contributed by atoms with van der Waals surface area (Å²) in [5, 5.41) is 0. The van der Waals surface area contributed by atoms with Crippen LogP contribution in [0.25, 0.3) is 0 Å². The molecule has 1 unspecified atom stereocenters. The second-order valence-corrected chi connectivity index (χ2v) is 11.5. The number of halogens is 2. The van der Waals surface area contributed by atoms with Crippen molar-refractivity contribution in [2.75, 3.05) is 6.54 Å². The molecule has 0 radical (unpaired) electrons. The minimum absolute atomic E-state index is 0.184. The van der Waals surface area contributed by atoms with Crippen LogP contribution in [0.15, 0.2) is 18.2 Å². The van der Waals surface area contributed by atoms with Gasteiger partial charge in [-0.05, 0) is 81.8 Å². The highest BCUT2D eigenvalue weighted by atomic mass is 19.2. The first-order chi connectivity index (χ1) is 15.9. The highest BCUT2D eigenvalue weighted by Gasteiger charge is 2.44. The van der Waals surface area contributed by atoms with E-state index in [1.807, 2.05) is 0 Å². The van der Waals surface area contributed by atoms with Gasteiger partial charge in [-0.1, -0.05) is 39.3 Å². The van der Waals surface area contributed by atoms with E-state index in [0.717, 1.165) is 25.3 Å². The lowest BCUT2D eigenvalue weighted by atomic mass is 9.75. The fraction of sp³-hybridized carbons (Fsp3) is 0.704. The molecule has 0 spiro atoms. The molecule has 7 heteroatoms. The SMILES string of the molecule is CC(C)[C@@H]1CC[C@@H](C)C[C@H]1OC(=O)[C@@H]1CC(Cc2cccc(F)c2F)CN1C(=O)OC(C)(C)C. The largest absolute Gasteiger partial charge is 0.461 e. The van der Waals surface area contributed by atoms with Gasteiger partial charge in [-0.2, -0.15) is 0 Å². The number of benzene rings is 1. The van der Waals surface area contributed by atoms with Crippen LogP contribution < -0.4 is 0 Å². The molecule has 1 aromatic rings. The van der Waals surface area contributed by atoms with Crippen molar-refractivity contribution in [1.82, 2.24) is 4.90 Å². The first kappa shape index (κ1) is 26.4. The van der Waals surface area contributed by atoms with Crippen LogP contribution in [0.4, 0.5) is 13.6 Å². The van der Waals surface area contributed by atoms with Crippen molar-refractivity contribution in [2.45, 2.75) is 91.4 Å². The molecule has 5 nitrogen and oxygen atoms in total. The van der Waals surface area contributed by atoms with Gasteiger partial charge in [0.15, 0.2) is 11.6 Å². The molecular weight excluding hydrogens is 440 g/mol. The van der Waals surface area contributed by atoms with Crippen molar-refractivity contribution in [2.24, 2.45) is 23.7 Å². The summed E-state index contributed by atoms with van der Waals surface area (Å²) in [6, 6.07) is 3.29. The second-order valence-electron chi connectivity index (χ2n) is 11.5. The lowest BCUT2D eigenvalue weighted by molar-refractivity contribution is -0.161. The molecule has 1 heterocycles. The minimum atomic E-state index is -0.901. The van der Waals surface area contributed by atoms with E-state index in [1.54, 1.807) is 26.8 Å². The van der Waals surface area contributed by atoms with Crippen LogP contribution in [-0.4, -0.2) is 41.3 Å². The number of carbonyl (C=O) groups is 2. The van der Waals surface area contributed by atoms with Gasteiger partial charge in [-0.25, -0.2) is 18.4 Å². The Balaban J connectivity index is 1.78. The van der Waals surface area contributed by atoms with Gasteiger partial charge >= 0.3 is 12.1 Å². The fourth-order valence-electron chi connectivity index (χ4n) is 5.31. The number of hydrogen-bond donors (Lipinski definition) is 0. The number of rotatable bonds is 5. The van der Waals surface area contributed by atoms with E-state index in [4.69, 9.17) is 9.47 Å². The van der Waals surface area contributed by atoms with Crippen molar-refractivity contribution in [3.63, 3.8) is 0 Å². The van der Waals surface area contributed by atoms with Crippen molar-refractivity contribution >= 4 is 12.1 Å². The van der Waals surface area contributed by atoms with Crippen LogP contribution in [0.5, 0.6) is 0 Å². The van der Waals surface area contributed by atoms with Gasteiger partial charge in [0.2, 0.25) is 0 Å². The van der Waals surface area contributed by atoms with Gasteiger partial charge in [0.25, 0.3) is 0 Å². The molecule has 5 atom stereocenters. The Labute approximate surface area is 202 Å². The maximum atomic E-state index is 14.3. The van der Waals surface area contributed by atoms with Crippen LogP contribution >= 0.6 is 0 Å². The summed E-state index contributed by atoms with van der Waals surface area (Å²) >= 11 is 0. The summed E-state index contributed by atoms with van der Waals surface area (Å²) in [5.74, 6) is -1.28. The van der Waals surface area contributed by atoms with E-state index in [1.165, 1.54) is 11.0 Å². The standard InChI is InChI=1S/C27H39F2NO4/c1-16(2)20-11-10-17(3)12-23(20)33-25(31)22-14-18(13-19-8-7-9-21(28)24(19)29)15-30(22)26(32)34-27(4,5)6/h7-9,16-18,20,22-23H,10-15H2,1-6H3/t17-,18?,20+,22+,23-/m1/s1. The van der Waals surface area contributed by atoms with Gasteiger partial charge in [0.1, 0.15) is 17.7 Å². The van der Waals surface area contributed by atoms with Crippen LogP contribution in [-0.2, 0) is 20.7 Å². The highest BCUT2D eigenvalue weighted by Crippen LogP contribution is 2.37. The Morgan fingerprint density at radius 3 is 2.50 bits per heavy atom. The van der Waals surface area contributed by atoms with Crippen molar-refractivity contribution < 1.29 is 27.8 Å². The molecule has 1 amide bonds. The summed E-state index contributed by atoms with van der Waals surface area (Å²) in [7, 11) is 0. The topological polar surface area (TPSA) is 55.8 Å². The van der Waals surface area contributed by atoms with Crippen molar-refractivity contribution in [3.05, 3.63) is 35.4 Å². The smallest absolute Gasteiger partial charge is 0.411 e. The van der Waals surface area contributed by atoms with E-state index in [2.05, 4.69) is 20.8 Å². The first-order valence-electron chi connectivity index (χ1n) is 12.5. The lowest BCUT2D eigenvalue weighted by Crippen LogP contribution is -2.46. The molecule has 1 aliphatic carbocycles. The molecule has 1 aliphatic heterocycles. The quantitative estimate of drug-likeness (QED) is 0.476. The Kier molecular flexibility index (Phi) is 8.25. The van der Waals surface area contributed by atoms with Crippen molar-refractivity contribution in [1.29, 1.82) is 0 Å². The molecule has 3 rings (SSSR count). The van der Waals surface area contributed by atoms with Crippen LogP contribution in [0.1, 0.15) is 72.8 Å². The zero-order valence-corrected chi connectivity index (χ0v) is 21.3. The third-order valence-corrected chi connectivity index (χ3v) is 7.06. The average molecular weight is 480 g/mol. The Morgan fingerprint density at radius 2 is 1.85 bits per heavy atom. The Bertz CT molecular complexity index is 882. The number of nitrogens with zero attached hydrogens (tertiary/aromatic N) is 1. The Morgan fingerprint density at radius 1 is 1.15 bits per heavy atom. The lowest BCUT2D eigenvalue weighted by Gasteiger charge is -2.37. The zero-order valence-electron chi connectivity index (χ0n) is 21.3. The summed E-state index contributed by atoms with van der Waals surface area (Å²) in [6.45, 7) is 12.0. The van der Waals surface area contributed by atoms with Gasteiger partial charge in [-0.3, -0.25) is 4.90 Å². The second kappa shape index (κ2) is 10.6. The third kappa shape index (κ3) is 6.48. The molecular formula is C27H39F2NO4. The van der Waals surface area contributed by atoms with Gasteiger partial charge in [-0.15, -0.1) is 0 Å². The summed E-state index contributed by atoms with van der Waals surface area (Å²) < 4.78 is 39.6. The number of carbonyl (C=O) groups excluding carboxylic acids is 2. The monoisotopic (exact) mass is 479 g/mol. The number of ether oxygens (including phenoxy) is 2. The van der Waals surface area contributed by atoms with E-state index in [0.29, 0.717) is 18.3 Å². The molecule has 34 heavy (non-hydrogen) atoms. The number of esters is 1. The Hall–Kier alpha value is -2.18. The molecule has 190 valence electrons. The number of amides is 1. The van der Waals surface area contributed by atoms with Crippen LogP contribution in [0.2, 0.25) is 0 Å². The minimum Gasteiger partial charge on any atom is -0.461 e. The normalized spacial score (nSPS) is 27.7. The first-order valence-corrected chi connectivity index (χ1v) is 12.5. The molecule has 0 aromatic heterocycles. The summed E-state index contributed by atoms with van der Waals surface area (Å²) in [5.41, 5.74) is -0.482. The van der Waals surface area contributed by atoms with E-state index < -0.39 is 35.3 Å². The van der Waals surface area contributed by atoms with Crippen LogP contribution in [0.3, 0.4) is 0 Å². The maximum absolute atomic E-state index is 14.3. The molecule has 2 fully saturated rings. The predicted molar refractivity (Wildman–Crippen MR) is 126 cm³/mol.